The highest BCUT2D eigenvalue weighted by Gasteiger charge is 2.21. The van der Waals surface area contributed by atoms with Gasteiger partial charge in [-0.15, -0.1) is 0 Å². The van der Waals surface area contributed by atoms with Gasteiger partial charge in [0.15, 0.2) is 6.10 Å². The molecule has 0 bridgehead atoms. The van der Waals surface area contributed by atoms with E-state index >= 15 is 0 Å². The summed E-state index contributed by atoms with van der Waals surface area (Å²) in [6.07, 6.45) is 0.407. The molecular formula is C20H23ClO4. The normalized spacial score (nSPS) is 11.9. The maximum absolute atomic E-state index is 11.7. The van der Waals surface area contributed by atoms with E-state index in [-0.39, 0.29) is 6.61 Å². The van der Waals surface area contributed by atoms with Crippen molar-refractivity contribution in [3.05, 3.63) is 63.7 Å². The van der Waals surface area contributed by atoms with Crippen molar-refractivity contribution in [1.82, 2.24) is 0 Å². The van der Waals surface area contributed by atoms with Gasteiger partial charge in [-0.25, -0.2) is 4.79 Å². The zero-order valence-electron chi connectivity index (χ0n) is 14.7. The Kier molecular flexibility index (Phi) is 6.85. The summed E-state index contributed by atoms with van der Waals surface area (Å²) in [5.74, 6) is 0.0890. The molecule has 25 heavy (non-hydrogen) atoms. The van der Waals surface area contributed by atoms with Gasteiger partial charge in [-0.2, -0.15) is 0 Å². The van der Waals surface area contributed by atoms with E-state index in [0.717, 1.165) is 24.2 Å². The fraction of sp³-hybridized carbons (Fsp3) is 0.350. The standard InChI is InChI=1S/C20H23ClO4/c1-4-13-6-7-14(5-2)18(10-13)25-12-15-11-16(21)8-9-17(15)19(22)20(23)24-3/h6-11,19,22H,4-5,12H2,1-3H3. The Labute approximate surface area is 153 Å². The summed E-state index contributed by atoms with van der Waals surface area (Å²) >= 11 is 6.07. The van der Waals surface area contributed by atoms with E-state index in [0.29, 0.717) is 16.1 Å². The summed E-state index contributed by atoms with van der Waals surface area (Å²) in [6.45, 7) is 4.36. The van der Waals surface area contributed by atoms with Gasteiger partial charge in [-0.1, -0.05) is 43.6 Å². The average molecular weight is 363 g/mol. The monoisotopic (exact) mass is 362 g/mol. The third-order valence-corrected chi connectivity index (χ3v) is 4.36. The maximum Gasteiger partial charge on any atom is 0.339 e. The van der Waals surface area contributed by atoms with E-state index < -0.39 is 12.1 Å². The largest absolute Gasteiger partial charge is 0.489 e. The minimum atomic E-state index is -1.37. The van der Waals surface area contributed by atoms with Crippen LogP contribution in [0, 0.1) is 0 Å². The van der Waals surface area contributed by atoms with E-state index in [2.05, 4.69) is 30.7 Å². The van der Waals surface area contributed by atoms with Crippen molar-refractivity contribution < 1.29 is 19.4 Å². The minimum Gasteiger partial charge on any atom is -0.489 e. The Balaban J connectivity index is 2.29. The predicted molar refractivity (Wildman–Crippen MR) is 98.0 cm³/mol. The molecular weight excluding hydrogens is 340 g/mol. The van der Waals surface area contributed by atoms with Gasteiger partial charge >= 0.3 is 5.97 Å². The van der Waals surface area contributed by atoms with Crippen LogP contribution in [0.4, 0.5) is 0 Å². The second kappa shape index (κ2) is 8.88. The number of benzene rings is 2. The number of aliphatic hydroxyl groups excluding tert-OH is 1. The first-order valence-electron chi connectivity index (χ1n) is 8.28. The second-order valence-corrected chi connectivity index (χ2v) is 6.14. The second-order valence-electron chi connectivity index (χ2n) is 5.71. The SMILES string of the molecule is CCc1ccc(CC)c(OCc2cc(Cl)ccc2C(O)C(=O)OC)c1. The molecule has 1 unspecified atom stereocenters. The van der Waals surface area contributed by atoms with Crippen molar-refractivity contribution in [3.63, 3.8) is 0 Å². The molecule has 0 radical (unpaired) electrons. The van der Waals surface area contributed by atoms with E-state index in [1.54, 1.807) is 18.2 Å². The highest BCUT2D eigenvalue weighted by atomic mass is 35.5. The van der Waals surface area contributed by atoms with Crippen molar-refractivity contribution in [1.29, 1.82) is 0 Å². The van der Waals surface area contributed by atoms with Crippen molar-refractivity contribution in [2.24, 2.45) is 0 Å². The number of hydrogen-bond acceptors (Lipinski definition) is 4. The Morgan fingerprint density at radius 2 is 1.88 bits per heavy atom. The summed E-state index contributed by atoms with van der Waals surface area (Å²) in [6, 6.07) is 11.1. The van der Waals surface area contributed by atoms with Gasteiger partial charge in [-0.3, -0.25) is 0 Å². The van der Waals surface area contributed by atoms with Crippen LogP contribution < -0.4 is 4.74 Å². The summed E-state index contributed by atoms with van der Waals surface area (Å²) < 4.78 is 10.6. The Morgan fingerprint density at radius 3 is 2.52 bits per heavy atom. The van der Waals surface area contributed by atoms with Crippen molar-refractivity contribution in [3.8, 4) is 5.75 Å². The van der Waals surface area contributed by atoms with Crippen LogP contribution in [0.15, 0.2) is 36.4 Å². The van der Waals surface area contributed by atoms with Crippen LogP contribution in [0.1, 0.15) is 42.2 Å². The number of carbonyl (C=O) groups is 1. The number of rotatable bonds is 7. The zero-order valence-corrected chi connectivity index (χ0v) is 15.5. The minimum absolute atomic E-state index is 0.199. The van der Waals surface area contributed by atoms with E-state index in [9.17, 15) is 9.90 Å². The summed E-state index contributed by atoms with van der Waals surface area (Å²) in [5, 5.41) is 10.7. The zero-order chi connectivity index (χ0) is 18.4. The quantitative estimate of drug-likeness (QED) is 0.748. The lowest BCUT2D eigenvalue weighted by Crippen LogP contribution is -2.16. The fourth-order valence-electron chi connectivity index (χ4n) is 2.61. The highest BCUT2D eigenvalue weighted by Crippen LogP contribution is 2.27. The Hall–Kier alpha value is -2.04. The molecule has 0 saturated heterocycles. The molecule has 0 spiro atoms. The first-order valence-corrected chi connectivity index (χ1v) is 8.66. The van der Waals surface area contributed by atoms with Crippen LogP contribution in [0.25, 0.3) is 0 Å². The van der Waals surface area contributed by atoms with Gasteiger partial charge in [-0.05, 0) is 53.3 Å². The van der Waals surface area contributed by atoms with Gasteiger partial charge in [0.2, 0.25) is 0 Å². The molecule has 1 N–H and O–H groups in total. The predicted octanol–water partition coefficient (Wildman–Crippen LogP) is 4.25. The number of halogens is 1. The fourth-order valence-corrected chi connectivity index (χ4v) is 2.80. The Bertz CT molecular complexity index is 742. The molecule has 0 aromatic heterocycles. The summed E-state index contributed by atoms with van der Waals surface area (Å²) in [7, 11) is 1.24. The lowest BCUT2D eigenvalue weighted by Gasteiger charge is -2.17. The van der Waals surface area contributed by atoms with Crippen LogP contribution in [0.3, 0.4) is 0 Å². The third kappa shape index (κ3) is 4.74. The van der Waals surface area contributed by atoms with Crippen LogP contribution in [0.2, 0.25) is 5.02 Å². The van der Waals surface area contributed by atoms with Crippen LogP contribution in [-0.2, 0) is 29.0 Å². The molecule has 5 heteroatoms. The van der Waals surface area contributed by atoms with Gasteiger partial charge < -0.3 is 14.6 Å². The number of carbonyl (C=O) groups excluding carboxylic acids is 1. The molecule has 2 aromatic rings. The molecule has 0 fully saturated rings. The van der Waals surface area contributed by atoms with E-state index in [1.807, 2.05) is 6.07 Å². The van der Waals surface area contributed by atoms with Crippen molar-refractivity contribution >= 4 is 17.6 Å². The Morgan fingerprint density at radius 1 is 1.12 bits per heavy atom. The molecule has 1 atom stereocenters. The molecule has 0 aliphatic rings. The molecule has 0 heterocycles. The topological polar surface area (TPSA) is 55.8 Å². The number of esters is 1. The van der Waals surface area contributed by atoms with Gasteiger partial charge in [0.25, 0.3) is 0 Å². The lowest BCUT2D eigenvalue weighted by atomic mass is 10.0. The number of aliphatic hydroxyl groups is 1. The van der Waals surface area contributed by atoms with E-state index in [1.165, 1.54) is 12.7 Å². The molecule has 4 nitrogen and oxygen atoms in total. The van der Waals surface area contributed by atoms with Gasteiger partial charge in [0, 0.05) is 5.02 Å². The van der Waals surface area contributed by atoms with E-state index in [4.69, 9.17) is 16.3 Å². The average Bonchev–Trinajstić information content (AvgIpc) is 2.64. The smallest absolute Gasteiger partial charge is 0.339 e. The molecule has 2 aromatic carbocycles. The summed E-state index contributed by atoms with van der Waals surface area (Å²) in [4.78, 5) is 11.7. The number of aryl methyl sites for hydroxylation is 2. The molecule has 134 valence electrons. The number of ether oxygens (including phenoxy) is 2. The lowest BCUT2D eigenvalue weighted by molar-refractivity contribution is -0.150. The molecule has 0 saturated carbocycles. The van der Waals surface area contributed by atoms with Crippen LogP contribution in [0.5, 0.6) is 5.75 Å². The van der Waals surface area contributed by atoms with Crippen molar-refractivity contribution in [2.75, 3.05) is 7.11 Å². The molecule has 0 aliphatic carbocycles. The van der Waals surface area contributed by atoms with Gasteiger partial charge in [0.05, 0.1) is 7.11 Å². The van der Waals surface area contributed by atoms with Crippen LogP contribution in [-0.4, -0.2) is 18.2 Å². The first kappa shape index (κ1) is 19.3. The maximum atomic E-state index is 11.7. The third-order valence-electron chi connectivity index (χ3n) is 4.13. The van der Waals surface area contributed by atoms with Crippen molar-refractivity contribution in [2.45, 2.75) is 39.4 Å². The highest BCUT2D eigenvalue weighted by molar-refractivity contribution is 6.30. The van der Waals surface area contributed by atoms with Gasteiger partial charge in [0.1, 0.15) is 12.4 Å². The van der Waals surface area contributed by atoms with Crippen LogP contribution >= 0.6 is 11.6 Å². The molecule has 0 aliphatic heterocycles. The summed E-state index contributed by atoms with van der Waals surface area (Å²) in [5.41, 5.74) is 3.37. The number of methoxy groups -OCH3 is 1. The molecule has 2 rings (SSSR count). The number of hydrogen-bond donors (Lipinski definition) is 1. The molecule has 0 amide bonds. The first-order chi connectivity index (χ1) is 12.0.